The van der Waals surface area contributed by atoms with Gasteiger partial charge in [-0.25, -0.2) is 0 Å². The minimum atomic E-state index is 0.254. The third-order valence-electron chi connectivity index (χ3n) is 4.15. The van der Waals surface area contributed by atoms with Gasteiger partial charge in [-0.3, -0.25) is 4.79 Å². The topological polar surface area (TPSA) is 46.3 Å². The average Bonchev–Trinajstić information content (AvgIpc) is 2.43. The normalized spacial score (nSPS) is 16.7. The standard InChI is InChI=1S/C16H24N2O/c1-12-3-4-13(2)15(9-12)10-16(19)18-7-5-14(11-17)6-8-18/h3-4,9,14H,5-8,10-11,17H2,1-2H3. The zero-order valence-corrected chi connectivity index (χ0v) is 12.0. The zero-order valence-electron chi connectivity index (χ0n) is 12.0. The number of hydrogen-bond acceptors (Lipinski definition) is 2. The first-order valence-corrected chi connectivity index (χ1v) is 7.14. The molecule has 1 amide bonds. The molecule has 1 aromatic carbocycles. The molecule has 0 radical (unpaired) electrons. The van der Waals surface area contributed by atoms with Crippen molar-refractivity contribution in [1.82, 2.24) is 4.90 Å². The SMILES string of the molecule is Cc1ccc(C)c(CC(=O)N2CCC(CN)CC2)c1. The minimum absolute atomic E-state index is 0.254. The van der Waals surface area contributed by atoms with Crippen molar-refractivity contribution in [2.24, 2.45) is 11.7 Å². The van der Waals surface area contributed by atoms with E-state index in [-0.39, 0.29) is 5.91 Å². The predicted molar refractivity (Wildman–Crippen MR) is 78.0 cm³/mol. The molecule has 1 aromatic rings. The van der Waals surface area contributed by atoms with Gasteiger partial charge in [0, 0.05) is 13.1 Å². The Morgan fingerprint density at radius 3 is 2.63 bits per heavy atom. The van der Waals surface area contributed by atoms with Gasteiger partial charge in [-0.05, 0) is 50.3 Å². The fraction of sp³-hybridized carbons (Fsp3) is 0.562. The Hall–Kier alpha value is -1.35. The molecular weight excluding hydrogens is 236 g/mol. The second kappa shape index (κ2) is 6.20. The number of nitrogens with zero attached hydrogens (tertiary/aromatic N) is 1. The van der Waals surface area contributed by atoms with Crippen LogP contribution in [-0.2, 0) is 11.2 Å². The van der Waals surface area contributed by atoms with Gasteiger partial charge in [-0.2, -0.15) is 0 Å². The lowest BCUT2D eigenvalue weighted by molar-refractivity contribution is -0.131. The number of nitrogens with two attached hydrogens (primary N) is 1. The van der Waals surface area contributed by atoms with Gasteiger partial charge in [-0.15, -0.1) is 0 Å². The van der Waals surface area contributed by atoms with E-state index in [9.17, 15) is 4.79 Å². The molecule has 0 aromatic heterocycles. The van der Waals surface area contributed by atoms with Crippen LogP contribution in [0.1, 0.15) is 29.5 Å². The largest absolute Gasteiger partial charge is 0.342 e. The Bertz CT molecular complexity index is 448. The summed E-state index contributed by atoms with van der Waals surface area (Å²) in [5, 5.41) is 0. The molecule has 0 aliphatic carbocycles. The van der Waals surface area contributed by atoms with Gasteiger partial charge in [0.1, 0.15) is 0 Å². The monoisotopic (exact) mass is 260 g/mol. The minimum Gasteiger partial charge on any atom is -0.342 e. The summed E-state index contributed by atoms with van der Waals surface area (Å²) in [5.41, 5.74) is 9.26. The number of amides is 1. The molecule has 1 aliphatic rings. The summed E-state index contributed by atoms with van der Waals surface area (Å²) in [6.07, 6.45) is 2.63. The summed E-state index contributed by atoms with van der Waals surface area (Å²) in [4.78, 5) is 14.3. The molecule has 1 aliphatic heterocycles. The van der Waals surface area contributed by atoms with Gasteiger partial charge in [0.25, 0.3) is 0 Å². The lowest BCUT2D eigenvalue weighted by atomic mass is 9.96. The van der Waals surface area contributed by atoms with E-state index >= 15 is 0 Å². The number of benzene rings is 1. The van der Waals surface area contributed by atoms with Gasteiger partial charge in [-0.1, -0.05) is 23.8 Å². The highest BCUT2D eigenvalue weighted by atomic mass is 16.2. The quantitative estimate of drug-likeness (QED) is 0.904. The van der Waals surface area contributed by atoms with Crippen LogP contribution in [0.2, 0.25) is 0 Å². The first kappa shape index (κ1) is 14.1. The van der Waals surface area contributed by atoms with Crippen molar-refractivity contribution in [1.29, 1.82) is 0 Å². The van der Waals surface area contributed by atoms with E-state index in [1.807, 2.05) is 4.90 Å². The number of piperidine rings is 1. The summed E-state index contributed by atoms with van der Waals surface area (Å²) in [6.45, 7) is 6.62. The highest BCUT2D eigenvalue weighted by Crippen LogP contribution is 2.18. The third-order valence-corrected chi connectivity index (χ3v) is 4.15. The van der Waals surface area contributed by atoms with Crippen LogP contribution in [-0.4, -0.2) is 30.4 Å². The molecule has 0 saturated carbocycles. The molecule has 2 rings (SSSR count). The van der Waals surface area contributed by atoms with E-state index < -0.39 is 0 Å². The zero-order chi connectivity index (χ0) is 13.8. The molecular formula is C16H24N2O. The van der Waals surface area contributed by atoms with Crippen molar-refractivity contribution >= 4 is 5.91 Å². The Labute approximate surface area is 115 Å². The molecule has 104 valence electrons. The number of hydrogen-bond donors (Lipinski definition) is 1. The summed E-state index contributed by atoms with van der Waals surface area (Å²) in [6, 6.07) is 6.31. The van der Waals surface area contributed by atoms with Crippen molar-refractivity contribution in [3.8, 4) is 0 Å². The first-order chi connectivity index (χ1) is 9.10. The van der Waals surface area contributed by atoms with Crippen LogP contribution in [0.25, 0.3) is 0 Å². The number of carbonyl (C=O) groups excluding carboxylic acids is 1. The Morgan fingerprint density at radius 2 is 2.00 bits per heavy atom. The number of likely N-dealkylation sites (tertiary alicyclic amines) is 1. The van der Waals surface area contributed by atoms with Gasteiger partial charge in [0.05, 0.1) is 6.42 Å². The van der Waals surface area contributed by atoms with Crippen molar-refractivity contribution in [3.63, 3.8) is 0 Å². The van der Waals surface area contributed by atoms with Crippen LogP contribution in [0.5, 0.6) is 0 Å². The maximum Gasteiger partial charge on any atom is 0.226 e. The summed E-state index contributed by atoms with van der Waals surface area (Å²) in [5.74, 6) is 0.855. The van der Waals surface area contributed by atoms with Crippen LogP contribution in [0.15, 0.2) is 18.2 Å². The molecule has 3 heteroatoms. The molecule has 19 heavy (non-hydrogen) atoms. The fourth-order valence-electron chi connectivity index (χ4n) is 2.68. The van der Waals surface area contributed by atoms with E-state index in [0.717, 1.165) is 38.0 Å². The van der Waals surface area contributed by atoms with Gasteiger partial charge < -0.3 is 10.6 Å². The third kappa shape index (κ3) is 3.57. The maximum absolute atomic E-state index is 12.3. The smallest absolute Gasteiger partial charge is 0.226 e. The Kier molecular flexibility index (Phi) is 4.59. The summed E-state index contributed by atoms with van der Waals surface area (Å²) < 4.78 is 0. The Balaban J connectivity index is 1.96. The van der Waals surface area contributed by atoms with E-state index in [4.69, 9.17) is 5.73 Å². The summed E-state index contributed by atoms with van der Waals surface area (Å²) in [7, 11) is 0. The van der Waals surface area contributed by atoms with Gasteiger partial charge >= 0.3 is 0 Å². The highest BCUT2D eigenvalue weighted by molar-refractivity contribution is 5.79. The van der Waals surface area contributed by atoms with Crippen LogP contribution >= 0.6 is 0 Å². The fourth-order valence-corrected chi connectivity index (χ4v) is 2.68. The average molecular weight is 260 g/mol. The van der Waals surface area contributed by atoms with Crippen molar-refractivity contribution in [3.05, 3.63) is 34.9 Å². The van der Waals surface area contributed by atoms with Gasteiger partial charge in [0.15, 0.2) is 0 Å². The maximum atomic E-state index is 12.3. The molecule has 0 bridgehead atoms. The second-order valence-electron chi connectivity index (χ2n) is 5.67. The van der Waals surface area contributed by atoms with Crippen LogP contribution in [0, 0.1) is 19.8 Å². The van der Waals surface area contributed by atoms with Crippen LogP contribution in [0.3, 0.4) is 0 Å². The van der Waals surface area contributed by atoms with Crippen molar-refractivity contribution in [2.75, 3.05) is 19.6 Å². The molecule has 2 N–H and O–H groups in total. The number of carbonyl (C=O) groups is 1. The second-order valence-corrected chi connectivity index (χ2v) is 5.67. The number of aryl methyl sites for hydroxylation is 2. The van der Waals surface area contributed by atoms with E-state index in [1.165, 1.54) is 11.1 Å². The highest BCUT2D eigenvalue weighted by Gasteiger charge is 2.22. The lowest BCUT2D eigenvalue weighted by Gasteiger charge is -2.31. The van der Waals surface area contributed by atoms with Crippen LogP contribution < -0.4 is 5.73 Å². The Morgan fingerprint density at radius 1 is 1.32 bits per heavy atom. The van der Waals surface area contributed by atoms with Crippen molar-refractivity contribution in [2.45, 2.75) is 33.1 Å². The molecule has 1 saturated heterocycles. The molecule has 0 atom stereocenters. The predicted octanol–water partition coefficient (Wildman–Crippen LogP) is 2.04. The first-order valence-electron chi connectivity index (χ1n) is 7.14. The summed E-state index contributed by atoms with van der Waals surface area (Å²) >= 11 is 0. The molecule has 1 heterocycles. The van der Waals surface area contributed by atoms with Crippen molar-refractivity contribution < 1.29 is 4.79 Å². The van der Waals surface area contributed by atoms with E-state index in [2.05, 4.69) is 32.0 Å². The van der Waals surface area contributed by atoms with Gasteiger partial charge in [0.2, 0.25) is 5.91 Å². The molecule has 3 nitrogen and oxygen atoms in total. The van der Waals surface area contributed by atoms with E-state index in [0.29, 0.717) is 12.3 Å². The lowest BCUT2D eigenvalue weighted by Crippen LogP contribution is -2.40. The van der Waals surface area contributed by atoms with Crippen LogP contribution in [0.4, 0.5) is 0 Å². The molecule has 0 spiro atoms. The number of rotatable bonds is 3. The molecule has 1 fully saturated rings. The molecule has 0 unspecified atom stereocenters. The van der Waals surface area contributed by atoms with E-state index in [1.54, 1.807) is 0 Å².